The molecule has 1 aromatic carbocycles. The summed E-state index contributed by atoms with van der Waals surface area (Å²) in [5, 5.41) is 9.16. The van der Waals surface area contributed by atoms with Crippen molar-refractivity contribution in [3.8, 4) is 5.75 Å². The van der Waals surface area contributed by atoms with Crippen LogP contribution in [0.3, 0.4) is 0 Å². The normalized spacial score (nSPS) is 11.7. The third kappa shape index (κ3) is 3.76. The number of hydrogen-bond donors (Lipinski definition) is 1. The van der Waals surface area contributed by atoms with Crippen molar-refractivity contribution in [3.05, 3.63) is 29.8 Å². The van der Waals surface area contributed by atoms with Crippen LogP contribution in [0.15, 0.2) is 24.3 Å². The van der Waals surface area contributed by atoms with E-state index in [9.17, 15) is 9.59 Å². The van der Waals surface area contributed by atoms with Gasteiger partial charge in [-0.25, -0.2) is 0 Å². The zero-order valence-corrected chi connectivity index (χ0v) is 10.4. The van der Waals surface area contributed by atoms with Crippen molar-refractivity contribution in [3.63, 3.8) is 0 Å². The van der Waals surface area contributed by atoms with Crippen LogP contribution < -0.4 is 0 Å². The largest absolute Gasteiger partial charge is 0.508 e. The van der Waals surface area contributed by atoms with Crippen LogP contribution in [0.4, 0.5) is 0 Å². The zero-order valence-electron chi connectivity index (χ0n) is 10.4. The number of carbonyl (C=O) groups excluding carboxylic acids is 2. The summed E-state index contributed by atoms with van der Waals surface area (Å²) in [5.74, 6) is -2.07. The number of benzene rings is 1. The van der Waals surface area contributed by atoms with Crippen LogP contribution in [0.25, 0.3) is 0 Å². The molecule has 5 nitrogen and oxygen atoms in total. The summed E-state index contributed by atoms with van der Waals surface area (Å²) in [7, 11) is 1.23. The molecule has 1 rings (SSSR count). The number of phenolic OH excluding ortho intramolecular Hbond substituents is 1. The van der Waals surface area contributed by atoms with Crippen LogP contribution in [-0.4, -0.2) is 30.8 Å². The maximum Gasteiger partial charge on any atom is 0.320 e. The summed E-state index contributed by atoms with van der Waals surface area (Å²) < 4.78 is 9.42. The van der Waals surface area contributed by atoms with Gasteiger partial charge in [0.1, 0.15) is 5.75 Å². The van der Waals surface area contributed by atoms with E-state index in [-0.39, 0.29) is 18.8 Å². The molecule has 1 N–H and O–H groups in total. The molecule has 0 bridgehead atoms. The molecule has 18 heavy (non-hydrogen) atoms. The Morgan fingerprint density at radius 3 is 2.33 bits per heavy atom. The van der Waals surface area contributed by atoms with Gasteiger partial charge in [-0.1, -0.05) is 12.1 Å². The fraction of sp³-hybridized carbons (Fsp3) is 0.385. The summed E-state index contributed by atoms with van der Waals surface area (Å²) in [6.07, 6.45) is 0.186. The maximum atomic E-state index is 11.6. The minimum Gasteiger partial charge on any atom is -0.508 e. The number of esters is 2. The van der Waals surface area contributed by atoms with Crippen molar-refractivity contribution in [1.82, 2.24) is 0 Å². The second-order valence-corrected chi connectivity index (χ2v) is 3.70. The molecule has 0 spiro atoms. The Morgan fingerprint density at radius 2 is 1.83 bits per heavy atom. The minimum atomic E-state index is -0.973. The number of phenols is 1. The fourth-order valence-corrected chi connectivity index (χ4v) is 1.52. The highest BCUT2D eigenvalue weighted by molar-refractivity contribution is 5.95. The lowest BCUT2D eigenvalue weighted by atomic mass is 9.99. The molecule has 0 aromatic heterocycles. The molecule has 1 unspecified atom stereocenters. The maximum absolute atomic E-state index is 11.6. The lowest BCUT2D eigenvalue weighted by molar-refractivity contribution is -0.160. The van der Waals surface area contributed by atoms with Crippen molar-refractivity contribution in [2.45, 2.75) is 13.3 Å². The molecule has 0 radical (unpaired) electrons. The summed E-state index contributed by atoms with van der Waals surface area (Å²) in [5.41, 5.74) is 0.747. The van der Waals surface area contributed by atoms with Crippen molar-refractivity contribution < 1.29 is 24.2 Å². The standard InChI is InChI=1S/C13H16O5/c1-3-18-13(16)11(12(15)17-2)8-9-4-6-10(14)7-5-9/h4-7,11,14H,3,8H2,1-2H3. The number of rotatable bonds is 5. The van der Waals surface area contributed by atoms with E-state index in [1.165, 1.54) is 19.2 Å². The van der Waals surface area contributed by atoms with E-state index >= 15 is 0 Å². The molecule has 1 atom stereocenters. The van der Waals surface area contributed by atoms with Gasteiger partial charge in [-0.3, -0.25) is 9.59 Å². The first kappa shape index (κ1) is 14.0. The predicted molar refractivity (Wildman–Crippen MR) is 63.9 cm³/mol. The van der Waals surface area contributed by atoms with Gasteiger partial charge in [-0.2, -0.15) is 0 Å². The minimum absolute atomic E-state index is 0.129. The smallest absolute Gasteiger partial charge is 0.320 e. The van der Waals surface area contributed by atoms with E-state index in [1.54, 1.807) is 19.1 Å². The highest BCUT2D eigenvalue weighted by Gasteiger charge is 2.29. The average molecular weight is 252 g/mol. The Labute approximate surface area is 105 Å². The molecule has 0 fully saturated rings. The van der Waals surface area contributed by atoms with Crippen LogP contribution in [0.5, 0.6) is 5.75 Å². The molecule has 0 aliphatic heterocycles. The van der Waals surface area contributed by atoms with Crippen molar-refractivity contribution in [1.29, 1.82) is 0 Å². The van der Waals surface area contributed by atoms with Gasteiger partial charge in [0, 0.05) is 0 Å². The van der Waals surface area contributed by atoms with Crippen LogP contribution in [-0.2, 0) is 25.5 Å². The molecule has 98 valence electrons. The Morgan fingerprint density at radius 1 is 1.22 bits per heavy atom. The van der Waals surface area contributed by atoms with Crippen molar-refractivity contribution in [2.24, 2.45) is 5.92 Å². The van der Waals surface area contributed by atoms with E-state index in [0.29, 0.717) is 0 Å². The number of methoxy groups -OCH3 is 1. The van der Waals surface area contributed by atoms with Crippen LogP contribution >= 0.6 is 0 Å². The Kier molecular flexibility index (Phi) is 5.17. The highest BCUT2D eigenvalue weighted by atomic mass is 16.5. The zero-order chi connectivity index (χ0) is 13.5. The Hall–Kier alpha value is -2.04. The first-order valence-electron chi connectivity index (χ1n) is 5.60. The summed E-state index contributed by atoms with van der Waals surface area (Å²) >= 11 is 0. The van der Waals surface area contributed by atoms with Gasteiger partial charge in [-0.05, 0) is 31.0 Å². The van der Waals surface area contributed by atoms with E-state index in [2.05, 4.69) is 4.74 Å². The first-order chi connectivity index (χ1) is 8.58. The summed E-state index contributed by atoms with van der Waals surface area (Å²) in [6.45, 7) is 1.88. The van der Waals surface area contributed by atoms with Gasteiger partial charge in [-0.15, -0.1) is 0 Å². The molecule has 0 heterocycles. The second-order valence-electron chi connectivity index (χ2n) is 3.70. The van der Waals surface area contributed by atoms with Gasteiger partial charge in [0.15, 0.2) is 5.92 Å². The van der Waals surface area contributed by atoms with E-state index in [1.807, 2.05) is 0 Å². The Balaban J connectivity index is 2.81. The summed E-state index contributed by atoms with van der Waals surface area (Å²) in [6, 6.07) is 6.28. The van der Waals surface area contributed by atoms with Gasteiger partial charge < -0.3 is 14.6 Å². The van der Waals surface area contributed by atoms with Crippen LogP contribution in [0, 0.1) is 5.92 Å². The van der Waals surface area contributed by atoms with Crippen molar-refractivity contribution in [2.75, 3.05) is 13.7 Å². The molecule has 0 saturated carbocycles. The van der Waals surface area contributed by atoms with Gasteiger partial charge in [0.25, 0.3) is 0 Å². The van der Waals surface area contributed by atoms with Gasteiger partial charge in [0.2, 0.25) is 0 Å². The molecular formula is C13H16O5. The van der Waals surface area contributed by atoms with E-state index in [0.717, 1.165) is 5.56 Å². The number of ether oxygens (including phenoxy) is 2. The van der Waals surface area contributed by atoms with Crippen molar-refractivity contribution >= 4 is 11.9 Å². The molecule has 5 heteroatoms. The SMILES string of the molecule is CCOC(=O)C(Cc1ccc(O)cc1)C(=O)OC. The molecule has 0 amide bonds. The predicted octanol–water partition coefficient (Wildman–Crippen LogP) is 1.29. The van der Waals surface area contributed by atoms with E-state index < -0.39 is 17.9 Å². The lowest BCUT2D eigenvalue weighted by Crippen LogP contribution is -2.29. The van der Waals surface area contributed by atoms with E-state index in [4.69, 9.17) is 9.84 Å². The molecule has 0 aliphatic rings. The quantitative estimate of drug-likeness (QED) is 0.631. The Bertz CT molecular complexity index is 410. The number of aromatic hydroxyl groups is 1. The van der Waals surface area contributed by atoms with Crippen LogP contribution in [0.2, 0.25) is 0 Å². The molecule has 1 aromatic rings. The monoisotopic (exact) mass is 252 g/mol. The molecule has 0 aliphatic carbocycles. The number of carbonyl (C=O) groups is 2. The fourth-order valence-electron chi connectivity index (χ4n) is 1.52. The average Bonchev–Trinajstić information content (AvgIpc) is 2.37. The lowest BCUT2D eigenvalue weighted by Gasteiger charge is -2.13. The highest BCUT2D eigenvalue weighted by Crippen LogP contribution is 2.15. The third-order valence-corrected chi connectivity index (χ3v) is 2.43. The summed E-state index contributed by atoms with van der Waals surface area (Å²) in [4.78, 5) is 23.2. The third-order valence-electron chi connectivity index (χ3n) is 2.43. The first-order valence-corrected chi connectivity index (χ1v) is 5.60. The second kappa shape index (κ2) is 6.64. The molecule has 0 saturated heterocycles. The van der Waals surface area contributed by atoms with Gasteiger partial charge in [0.05, 0.1) is 13.7 Å². The van der Waals surface area contributed by atoms with Gasteiger partial charge >= 0.3 is 11.9 Å². The van der Waals surface area contributed by atoms with Crippen LogP contribution in [0.1, 0.15) is 12.5 Å². The topological polar surface area (TPSA) is 72.8 Å². The molecular weight excluding hydrogens is 236 g/mol. The number of hydrogen-bond acceptors (Lipinski definition) is 5.